The summed E-state index contributed by atoms with van der Waals surface area (Å²) in [5.74, 6) is 0. The largest absolute Gasteiger partial charge is 0.380 e. The van der Waals surface area contributed by atoms with Crippen molar-refractivity contribution < 1.29 is 0 Å². The van der Waals surface area contributed by atoms with E-state index in [1.54, 1.807) is 0 Å². The molecule has 0 radical (unpaired) electrons. The second kappa shape index (κ2) is 6.12. The van der Waals surface area contributed by atoms with E-state index in [2.05, 4.69) is 77.0 Å². The normalized spacial score (nSPS) is 10.5. The Morgan fingerprint density at radius 2 is 1.68 bits per heavy atom. The molecule has 4 rings (SSSR count). The Kier molecular flexibility index (Phi) is 4.03. The van der Waals surface area contributed by atoms with Gasteiger partial charge in [0.15, 0.2) is 0 Å². The molecule has 1 aromatic heterocycles. The van der Waals surface area contributed by atoms with Crippen LogP contribution in [-0.4, -0.2) is 4.98 Å². The van der Waals surface area contributed by atoms with Crippen LogP contribution in [0, 0.1) is 0 Å². The van der Waals surface area contributed by atoms with E-state index >= 15 is 0 Å². The Balaban J connectivity index is 0.00000144. The summed E-state index contributed by atoms with van der Waals surface area (Å²) < 4.78 is 0. The number of hydrogen-bond donors (Lipinski definition) is 2. The zero-order valence-corrected chi connectivity index (χ0v) is 12.9. The first-order chi connectivity index (χ1) is 10.4. The molecular weight excluding hydrogens is 292 g/mol. The van der Waals surface area contributed by atoms with E-state index in [9.17, 15) is 0 Å². The minimum Gasteiger partial charge on any atom is -0.380 e. The number of nitrogens with one attached hydrogen (secondary N) is 2. The summed E-state index contributed by atoms with van der Waals surface area (Å²) in [7, 11) is 0. The third-order valence-corrected chi connectivity index (χ3v) is 3.89. The van der Waals surface area contributed by atoms with Crippen LogP contribution in [0.15, 0.2) is 72.9 Å². The lowest BCUT2D eigenvalue weighted by Gasteiger charge is -2.10. The van der Waals surface area contributed by atoms with Gasteiger partial charge in [0.05, 0.1) is 0 Å². The van der Waals surface area contributed by atoms with E-state index in [0.717, 1.165) is 6.54 Å². The lowest BCUT2D eigenvalue weighted by Crippen LogP contribution is -1.99. The first-order valence-corrected chi connectivity index (χ1v) is 7.18. The van der Waals surface area contributed by atoms with E-state index in [1.807, 2.05) is 6.20 Å². The van der Waals surface area contributed by atoms with Crippen LogP contribution in [0.2, 0.25) is 0 Å². The standard InChI is InChI=1S/C19H16N2.ClH/c1-2-6-17-15(4-1)5-3-7-19(17)21-13-14-8-9-18-16(12-14)10-11-20-18;/h1-12,20-21H,13H2;1H. The molecule has 0 atom stereocenters. The fraction of sp³-hybridized carbons (Fsp3) is 0.0526. The number of rotatable bonds is 3. The highest BCUT2D eigenvalue weighted by atomic mass is 35.5. The van der Waals surface area contributed by atoms with Crippen LogP contribution < -0.4 is 5.32 Å². The van der Waals surface area contributed by atoms with Gasteiger partial charge >= 0.3 is 0 Å². The fourth-order valence-corrected chi connectivity index (χ4v) is 2.79. The maximum absolute atomic E-state index is 3.55. The molecule has 0 spiro atoms. The van der Waals surface area contributed by atoms with Crippen LogP contribution in [0.25, 0.3) is 21.7 Å². The van der Waals surface area contributed by atoms with Gasteiger partial charge in [-0.25, -0.2) is 0 Å². The number of aromatic amines is 1. The van der Waals surface area contributed by atoms with Gasteiger partial charge in [0.1, 0.15) is 0 Å². The summed E-state index contributed by atoms with van der Waals surface area (Å²) in [5, 5.41) is 7.34. The van der Waals surface area contributed by atoms with Crippen LogP contribution in [-0.2, 0) is 6.54 Å². The molecule has 2 nitrogen and oxygen atoms in total. The van der Waals surface area contributed by atoms with Gasteiger partial charge in [-0.15, -0.1) is 12.4 Å². The van der Waals surface area contributed by atoms with Crippen LogP contribution in [0.3, 0.4) is 0 Å². The monoisotopic (exact) mass is 308 g/mol. The molecule has 4 aromatic rings. The molecule has 0 saturated heterocycles. The van der Waals surface area contributed by atoms with Gasteiger partial charge in [0.25, 0.3) is 0 Å². The van der Waals surface area contributed by atoms with Gasteiger partial charge in [0.2, 0.25) is 0 Å². The molecule has 0 saturated carbocycles. The molecule has 0 aliphatic heterocycles. The maximum atomic E-state index is 3.55. The topological polar surface area (TPSA) is 27.8 Å². The highest BCUT2D eigenvalue weighted by molar-refractivity contribution is 5.93. The molecule has 2 N–H and O–H groups in total. The van der Waals surface area contributed by atoms with E-state index in [-0.39, 0.29) is 12.4 Å². The van der Waals surface area contributed by atoms with E-state index in [0.29, 0.717) is 0 Å². The van der Waals surface area contributed by atoms with Crippen molar-refractivity contribution in [2.45, 2.75) is 6.54 Å². The second-order valence-corrected chi connectivity index (χ2v) is 5.28. The van der Waals surface area contributed by atoms with Gasteiger partial charge in [-0.2, -0.15) is 0 Å². The minimum atomic E-state index is 0. The Morgan fingerprint density at radius 3 is 2.64 bits per heavy atom. The van der Waals surface area contributed by atoms with Crippen molar-refractivity contribution in [3.05, 3.63) is 78.5 Å². The van der Waals surface area contributed by atoms with E-state index < -0.39 is 0 Å². The molecule has 0 fully saturated rings. The van der Waals surface area contributed by atoms with Crippen molar-refractivity contribution in [3.8, 4) is 0 Å². The lowest BCUT2D eigenvalue weighted by atomic mass is 10.1. The highest BCUT2D eigenvalue weighted by Gasteiger charge is 2.01. The molecule has 3 heteroatoms. The molecule has 0 unspecified atom stereocenters. The SMILES string of the molecule is Cl.c1ccc2c(NCc3ccc4[nH]ccc4c3)cccc2c1. The van der Waals surface area contributed by atoms with Crippen molar-refractivity contribution in [1.29, 1.82) is 0 Å². The first-order valence-electron chi connectivity index (χ1n) is 7.18. The van der Waals surface area contributed by atoms with Gasteiger partial charge in [0, 0.05) is 29.3 Å². The minimum absolute atomic E-state index is 0. The van der Waals surface area contributed by atoms with Gasteiger partial charge < -0.3 is 10.3 Å². The second-order valence-electron chi connectivity index (χ2n) is 5.28. The lowest BCUT2D eigenvalue weighted by molar-refractivity contribution is 1.16. The van der Waals surface area contributed by atoms with Crippen LogP contribution in [0.5, 0.6) is 0 Å². The van der Waals surface area contributed by atoms with Gasteiger partial charge in [-0.3, -0.25) is 0 Å². The maximum Gasteiger partial charge on any atom is 0.0454 e. The number of anilines is 1. The van der Waals surface area contributed by atoms with E-state index in [1.165, 1.54) is 32.9 Å². The van der Waals surface area contributed by atoms with Crippen molar-refractivity contribution in [1.82, 2.24) is 4.98 Å². The zero-order chi connectivity index (χ0) is 14.1. The number of fused-ring (bicyclic) bond motifs is 2. The molecule has 0 aliphatic rings. The van der Waals surface area contributed by atoms with Gasteiger partial charge in [-0.05, 0) is 40.6 Å². The summed E-state index contributed by atoms with van der Waals surface area (Å²) in [4.78, 5) is 3.22. The first kappa shape index (κ1) is 14.5. The van der Waals surface area contributed by atoms with Crippen LogP contribution in [0.1, 0.15) is 5.56 Å². The van der Waals surface area contributed by atoms with Crippen LogP contribution >= 0.6 is 12.4 Å². The molecule has 110 valence electrons. The number of H-pyrrole nitrogens is 1. The molecule has 22 heavy (non-hydrogen) atoms. The number of aromatic nitrogens is 1. The fourth-order valence-electron chi connectivity index (χ4n) is 2.79. The van der Waals surface area contributed by atoms with Crippen molar-refractivity contribution >= 4 is 39.8 Å². The third-order valence-electron chi connectivity index (χ3n) is 3.89. The molecule has 0 amide bonds. The molecule has 3 aromatic carbocycles. The Labute approximate surface area is 135 Å². The summed E-state index contributed by atoms with van der Waals surface area (Å²) >= 11 is 0. The summed E-state index contributed by atoms with van der Waals surface area (Å²) in [5.41, 5.74) is 3.65. The molecule has 0 bridgehead atoms. The van der Waals surface area contributed by atoms with Crippen molar-refractivity contribution in [3.63, 3.8) is 0 Å². The van der Waals surface area contributed by atoms with Gasteiger partial charge in [-0.1, -0.05) is 42.5 Å². The zero-order valence-electron chi connectivity index (χ0n) is 12.0. The quantitative estimate of drug-likeness (QED) is 0.524. The predicted molar refractivity (Wildman–Crippen MR) is 96.8 cm³/mol. The highest BCUT2D eigenvalue weighted by Crippen LogP contribution is 2.24. The Morgan fingerprint density at radius 1 is 0.818 bits per heavy atom. The average molecular weight is 309 g/mol. The summed E-state index contributed by atoms with van der Waals surface area (Å²) in [6.45, 7) is 0.828. The number of benzene rings is 3. The molecular formula is C19H17ClN2. The van der Waals surface area contributed by atoms with E-state index in [4.69, 9.17) is 0 Å². The average Bonchev–Trinajstić information content (AvgIpc) is 3.00. The summed E-state index contributed by atoms with van der Waals surface area (Å²) in [6.07, 6.45) is 1.98. The number of hydrogen-bond acceptors (Lipinski definition) is 1. The van der Waals surface area contributed by atoms with Crippen molar-refractivity contribution in [2.24, 2.45) is 0 Å². The Bertz CT molecular complexity index is 906. The Hall–Kier alpha value is -2.45. The third kappa shape index (κ3) is 2.66. The number of halogens is 1. The molecule has 0 aliphatic carbocycles. The predicted octanol–water partition coefficient (Wildman–Crippen LogP) is 5.36. The van der Waals surface area contributed by atoms with Crippen LogP contribution in [0.4, 0.5) is 5.69 Å². The molecule has 1 heterocycles. The summed E-state index contributed by atoms with van der Waals surface area (Å²) in [6, 6.07) is 23.5. The van der Waals surface area contributed by atoms with Crippen molar-refractivity contribution in [2.75, 3.05) is 5.32 Å². The smallest absolute Gasteiger partial charge is 0.0454 e.